The minimum absolute atomic E-state index is 0.0132. The molecule has 2 rings (SSSR count). The summed E-state index contributed by atoms with van der Waals surface area (Å²) in [5, 5.41) is 5.55. The normalized spacial score (nSPS) is 11.5. The van der Waals surface area contributed by atoms with Gasteiger partial charge in [0.05, 0.1) is 5.69 Å². The van der Waals surface area contributed by atoms with E-state index < -0.39 is 5.41 Å². The van der Waals surface area contributed by atoms with Gasteiger partial charge in [0.2, 0.25) is 5.91 Å². The molecule has 3 nitrogen and oxygen atoms in total. The Bertz CT molecular complexity index is 657. The Balaban J connectivity index is 2.31. The zero-order valence-electron chi connectivity index (χ0n) is 13.5. The molecule has 0 saturated carbocycles. The van der Waals surface area contributed by atoms with E-state index in [1.54, 1.807) is 0 Å². The SMILES string of the molecule is Cc1cc(C)c(-c2csc(NC(=O)C(C)(C)C)n2)c(C)c1. The molecule has 112 valence electrons. The number of benzene rings is 1. The fourth-order valence-electron chi connectivity index (χ4n) is 2.31. The minimum Gasteiger partial charge on any atom is -0.302 e. The van der Waals surface area contributed by atoms with Crippen molar-refractivity contribution < 1.29 is 4.79 Å². The number of carbonyl (C=O) groups excluding carboxylic acids is 1. The van der Waals surface area contributed by atoms with Gasteiger partial charge in [-0.3, -0.25) is 4.79 Å². The van der Waals surface area contributed by atoms with Crippen molar-refractivity contribution >= 4 is 22.4 Å². The largest absolute Gasteiger partial charge is 0.302 e. The van der Waals surface area contributed by atoms with Crippen LogP contribution in [0.3, 0.4) is 0 Å². The maximum absolute atomic E-state index is 12.0. The predicted molar refractivity (Wildman–Crippen MR) is 89.8 cm³/mol. The number of nitrogens with zero attached hydrogens (tertiary/aromatic N) is 1. The van der Waals surface area contributed by atoms with Gasteiger partial charge in [-0.1, -0.05) is 38.5 Å². The van der Waals surface area contributed by atoms with E-state index in [9.17, 15) is 4.79 Å². The van der Waals surface area contributed by atoms with Crippen LogP contribution >= 0.6 is 11.3 Å². The minimum atomic E-state index is -0.415. The molecule has 1 aromatic heterocycles. The molecule has 2 aromatic rings. The second kappa shape index (κ2) is 5.60. The number of carbonyl (C=O) groups is 1. The molecule has 1 amide bonds. The maximum atomic E-state index is 12.0. The number of hydrogen-bond acceptors (Lipinski definition) is 3. The summed E-state index contributed by atoms with van der Waals surface area (Å²) < 4.78 is 0. The Morgan fingerprint density at radius 2 is 1.71 bits per heavy atom. The summed E-state index contributed by atoms with van der Waals surface area (Å²) in [4.78, 5) is 16.6. The van der Waals surface area contributed by atoms with Crippen molar-refractivity contribution in [3.05, 3.63) is 34.2 Å². The van der Waals surface area contributed by atoms with Crippen LogP contribution < -0.4 is 5.32 Å². The molecule has 4 heteroatoms. The van der Waals surface area contributed by atoms with Gasteiger partial charge in [-0.25, -0.2) is 4.98 Å². The van der Waals surface area contributed by atoms with Gasteiger partial charge in [0.25, 0.3) is 0 Å². The molecular weight excluding hydrogens is 280 g/mol. The summed E-state index contributed by atoms with van der Waals surface area (Å²) in [6.07, 6.45) is 0. The van der Waals surface area contributed by atoms with Gasteiger partial charge < -0.3 is 5.32 Å². The number of aryl methyl sites for hydroxylation is 3. The van der Waals surface area contributed by atoms with Crippen LogP contribution in [0, 0.1) is 26.2 Å². The molecule has 0 aliphatic carbocycles. The summed E-state index contributed by atoms with van der Waals surface area (Å²) in [5.41, 5.74) is 5.36. The Morgan fingerprint density at radius 1 is 1.14 bits per heavy atom. The second-order valence-corrected chi connectivity index (χ2v) is 7.37. The van der Waals surface area contributed by atoms with Gasteiger partial charge in [0.1, 0.15) is 0 Å². The van der Waals surface area contributed by atoms with Crippen LogP contribution in [0.2, 0.25) is 0 Å². The first kappa shape index (κ1) is 15.7. The topological polar surface area (TPSA) is 42.0 Å². The Hall–Kier alpha value is -1.68. The van der Waals surface area contributed by atoms with E-state index in [2.05, 4.69) is 43.2 Å². The van der Waals surface area contributed by atoms with E-state index in [0.717, 1.165) is 11.3 Å². The number of aromatic nitrogens is 1. The lowest BCUT2D eigenvalue weighted by molar-refractivity contribution is -0.123. The molecule has 0 bridgehead atoms. The predicted octanol–water partition coefficient (Wildman–Crippen LogP) is 4.72. The second-order valence-electron chi connectivity index (χ2n) is 6.52. The smallest absolute Gasteiger partial charge is 0.231 e. The number of rotatable bonds is 2. The van der Waals surface area contributed by atoms with E-state index in [4.69, 9.17) is 0 Å². The zero-order chi connectivity index (χ0) is 15.8. The molecule has 0 spiro atoms. The van der Waals surface area contributed by atoms with Crippen LogP contribution in [0.15, 0.2) is 17.5 Å². The molecule has 0 radical (unpaired) electrons. The molecule has 0 aliphatic rings. The van der Waals surface area contributed by atoms with Gasteiger partial charge in [0.15, 0.2) is 5.13 Å². The summed E-state index contributed by atoms with van der Waals surface area (Å²) >= 11 is 1.47. The van der Waals surface area contributed by atoms with Crippen molar-refractivity contribution in [3.8, 4) is 11.3 Å². The quantitative estimate of drug-likeness (QED) is 0.872. The molecule has 1 heterocycles. The summed E-state index contributed by atoms with van der Waals surface area (Å²) in [6.45, 7) is 12.0. The highest BCUT2D eigenvalue weighted by Gasteiger charge is 2.22. The molecule has 0 aliphatic heterocycles. The summed E-state index contributed by atoms with van der Waals surface area (Å²) in [7, 11) is 0. The molecule has 0 atom stereocenters. The average molecular weight is 302 g/mol. The Labute approximate surface area is 130 Å². The third-order valence-electron chi connectivity index (χ3n) is 3.34. The fourth-order valence-corrected chi connectivity index (χ4v) is 3.01. The number of hydrogen-bond donors (Lipinski definition) is 1. The molecule has 21 heavy (non-hydrogen) atoms. The molecule has 0 saturated heterocycles. The lowest BCUT2D eigenvalue weighted by atomic mass is 9.96. The van der Waals surface area contributed by atoms with Gasteiger partial charge in [-0.2, -0.15) is 0 Å². The van der Waals surface area contributed by atoms with Crippen LogP contribution in [0.4, 0.5) is 5.13 Å². The summed E-state index contributed by atoms with van der Waals surface area (Å²) in [6, 6.07) is 4.32. The third kappa shape index (κ3) is 3.50. The Morgan fingerprint density at radius 3 is 2.24 bits per heavy atom. The van der Waals surface area contributed by atoms with E-state index in [1.807, 2.05) is 26.2 Å². The number of nitrogens with one attached hydrogen (secondary N) is 1. The molecule has 0 fully saturated rings. The molecule has 0 unspecified atom stereocenters. The van der Waals surface area contributed by atoms with Gasteiger partial charge >= 0.3 is 0 Å². The first-order valence-electron chi connectivity index (χ1n) is 7.03. The van der Waals surface area contributed by atoms with Crippen molar-refractivity contribution in [2.75, 3.05) is 5.32 Å². The van der Waals surface area contributed by atoms with Crippen molar-refractivity contribution in [1.82, 2.24) is 4.98 Å². The van der Waals surface area contributed by atoms with Gasteiger partial charge in [-0.15, -0.1) is 11.3 Å². The summed E-state index contributed by atoms with van der Waals surface area (Å²) in [5.74, 6) is -0.0132. The highest BCUT2D eigenvalue weighted by molar-refractivity contribution is 7.14. The molecule has 1 N–H and O–H groups in total. The van der Waals surface area contributed by atoms with Crippen LogP contribution in [-0.4, -0.2) is 10.9 Å². The average Bonchev–Trinajstić information content (AvgIpc) is 2.74. The standard InChI is InChI=1S/C17H22N2OS/c1-10-7-11(2)14(12(3)8-10)13-9-21-16(18-13)19-15(20)17(4,5)6/h7-9H,1-6H3,(H,18,19,20). The first-order valence-corrected chi connectivity index (χ1v) is 7.91. The van der Waals surface area contributed by atoms with Crippen LogP contribution in [0.25, 0.3) is 11.3 Å². The number of amides is 1. The highest BCUT2D eigenvalue weighted by atomic mass is 32.1. The van der Waals surface area contributed by atoms with Crippen molar-refractivity contribution in [1.29, 1.82) is 0 Å². The Kier molecular flexibility index (Phi) is 4.19. The fraction of sp³-hybridized carbons (Fsp3) is 0.412. The lowest BCUT2D eigenvalue weighted by Gasteiger charge is -2.16. The van der Waals surface area contributed by atoms with Crippen molar-refractivity contribution in [2.24, 2.45) is 5.41 Å². The molecular formula is C17H22N2OS. The van der Waals surface area contributed by atoms with Crippen LogP contribution in [0.1, 0.15) is 37.5 Å². The van der Waals surface area contributed by atoms with E-state index >= 15 is 0 Å². The number of thiazole rings is 1. The van der Waals surface area contributed by atoms with Crippen molar-refractivity contribution in [2.45, 2.75) is 41.5 Å². The van der Waals surface area contributed by atoms with Crippen LogP contribution in [0.5, 0.6) is 0 Å². The highest BCUT2D eigenvalue weighted by Crippen LogP contribution is 2.31. The maximum Gasteiger partial charge on any atom is 0.231 e. The van der Waals surface area contributed by atoms with E-state index in [0.29, 0.717) is 5.13 Å². The van der Waals surface area contributed by atoms with Crippen molar-refractivity contribution in [3.63, 3.8) is 0 Å². The van der Waals surface area contributed by atoms with Gasteiger partial charge in [0, 0.05) is 16.4 Å². The number of anilines is 1. The van der Waals surface area contributed by atoms with E-state index in [-0.39, 0.29) is 5.91 Å². The first-order chi connectivity index (χ1) is 9.68. The zero-order valence-corrected chi connectivity index (χ0v) is 14.3. The van der Waals surface area contributed by atoms with Gasteiger partial charge in [-0.05, 0) is 31.9 Å². The third-order valence-corrected chi connectivity index (χ3v) is 4.10. The van der Waals surface area contributed by atoms with E-state index in [1.165, 1.54) is 28.0 Å². The molecule has 1 aromatic carbocycles. The monoisotopic (exact) mass is 302 g/mol. The van der Waals surface area contributed by atoms with Crippen LogP contribution in [-0.2, 0) is 4.79 Å². The lowest BCUT2D eigenvalue weighted by Crippen LogP contribution is -2.27.